The van der Waals surface area contributed by atoms with Gasteiger partial charge in [-0.3, -0.25) is 4.79 Å². The Labute approximate surface area is 143 Å². The van der Waals surface area contributed by atoms with Crippen LogP contribution in [0.1, 0.15) is 56.1 Å². The summed E-state index contributed by atoms with van der Waals surface area (Å²) in [5.74, 6) is 0.226. The van der Waals surface area contributed by atoms with Crippen LogP contribution in [0.3, 0.4) is 0 Å². The average Bonchev–Trinajstić information content (AvgIpc) is 2.54. The van der Waals surface area contributed by atoms with E-state index in [1.165, 1.54) is 0 Å². The van der Waals surface area contributed by atoms with E-state index in [-0.39, 0.29) is 23.0 Å². The van der Waals surface area contributed by atoms with E-state index < -0.39 is 0 Å². The Hall–Kier alpha value is -1.62. The summed E-state index contributed by atoms with van der Waals surface area (Å²) >= 11 is 0. The first-order valence-corrected chi connectivity index (χ1v) is 9.07. The van der Waals surface area contributed by atoms with Crippen LogP contribution >= 0.6 is 0 Å². The summed E-state index contributed by atoms with van der Waals surface area (Å²) in [6.07, 6.45) is 4.79. The second-order valence-corrected chi connectivity index (χ2v) is 7.26. The number of nitrogen functional groups attached to an aromatic ring is 1. The third kappa shape index (κ3) is 3.02. The minimum absolute atomic E-state index is 0.210. The summed E-state index contributed by atoms with van der Waals surface area (Å²) in [5, 5.41) is 3.40. The highest BCUT2D eigenvalue weighted by Crippen LogP contribution is 2.37. The fourth-order valence-corrected chi connectivity index (χ4v) is 4.19. The maximum atomic E-state index is 13.8. The molecular weight excluding hydrogens is 305 g/mol. The van der Waals surface area contributed by atoms with Crippen molar-refractivity contribution < 1.29 is 9.18 Å². The Morgan fingerprint density at radius 2 is 2.04 bits per heavy atom. The lowest BCUT2D eigenvalue weighted by molar-refractivity contribution is -0.143. The van der Waals surface area contributed by atoms with Gasteiger partial charge in [0.2, 0.25) is 5.91 Å². The maximum absolute atomic E-state index is 13.8. The molecule has 5 heteroatoms. The Balaban J connectivity index is 1.66. The van der Waals surface area contributed by atoms with Gasteiger partial charge >= 0.3 is 0 Å². The van der Waals surface area contributed by atoms with Crippen LogP contribution in [-0.4, -0.2) is 36.0 Å². The first-order chi connectivity index (χ1) is 11.5. The first-order valence-electron chi connectivity index (χ1n) is 9.07. The third-order valence-electron chi connectivity index (χ3n) is 5.74. The van der Waals surface area contributed by atoms with E-state index in [1.807, 2.05) is 11.8 Å². The Morgan fingerprint density at radius 3 is 2.58 bits per heavy atom. The second kappa shape index (κ2) is 6.71. The predicted octanol–water partition coefficient (Wildman–Crippen LogP) is 2.95. The molecule has 1 saturated heterocycles. The number of carbonyl (C=O) groups is 1. The summed E-state index contributed by atoms with van der Waals surface area (Å²) < 4.78 is 13.8. The van der Waals surface area contributed by atoms with Gasteiger partial charge in [0.05, 0.1) is 11.2 Å². The fraction of sp³-hybridized carbons (Fsp3) is 0.632. The molecule has 1 aromatic carbocycles. The quantitative estimate of drug-likeness (QED) is 0.833. The lowest BCUT2D eigenvalue weighted by Crippen LogP contribution is -2.62. The molecule has 0 aromatic heterocycles. The monoisotopic (exact) mass is 333 g/mol. The number of rotatable bonds is 4. The van der Waals surface area contributed by atoms with Crippen molar-refractivity contribution in [2.24, 2.45) is 0 Å². The maximum Gasteiger partial charge on any atom is 0.242 e. The van der Waals surface area contributed by atoms with Crippen LogP contribution in [0.15, 0.2) is 12.1 Å². The molecule has 0 unspecified atom stereocenters. The van der Waals surface area contributed by atoms with E-state index in [0.29, 0.717) is 5.92 Å². The molecule has 1 saturated carbocycles. The summed E-state index contributed by atoms with van der Waals surface area (Å²) in [4.78, 5) is 14.9. The van der Waals surface area contributed by atoms with Gasteiger partial charge in [-0.15, -0.1) is 0 Å². The minimum atomic E-state index is -0.338. The highest BCUT2D eigenvalue weighted by Gasteiger charge is 2.46. The normalized spacial score (nSPS) is 20.7. The third-order valence-corrected chi connectivity index (χ3v) is 5.74. The van der Waals surface area contributed by atoms with Crippen LogP contribution in [0.4, 0.5) is 10.1 Å². The number of hydrogen-bond acceptors (Lipinski definition) is 3. The van der Waals surface area contributed by atoms with Crippen molar-refractivity contribution in [2.45, 2.75) is 57.4 Å². The molecule has 4 nitrogen and oxygen atoms in total. The molecule has 1 amide bonds. The number of anilines is 1. The number of carbonyl (C=O) groups excluding carboxylic acids is 1. The van der Waals surface area contributed by atoms with E-state index in [0.717, 1.165) is 62.9 Å². The standard InChI is InChI=1S/C19H28FN3O/c1-3-22-19(7-4-8-19)18(24)23-9-5-14(6-10-23)15-12-16(20)17(21)11-13(15)2/h11-12,14,22H,3-10,21H2,1-2H3. The number of benzene rings is 1. The Bertz CT molecular complexity index is 619. The summed E-state index contributed by atoms with van der Waals surface area (Å²) in [6, 6.07) is 3.30. The summed E-state index contributed by atoms with van der Waals surface area (Å²) in [6.45, 7) is 6.37. The van der Waals surface area contributed by atoms with E-state index >= 15 is 0 Å². The molecule has 132 valence electrons. The molecule has 3 rings (SSSR count). The second-order valence-electron chi connectivity index (χ2n) is 7.26. The number of aryl methyl sites for hydroxylation is 1. The molecule has 0 spiro atoms. The summed E-state index contributed by atoms with van der Waals surface area (Å²) in [7, 11) is 0. The van der Waals surface area contributed by atoms with Crippen molar-refractivity contribution in [3.8, 4) is 0 Å². The largest absolute Gasteiger partial charge is 0.396 e. The van der Waals surface area contributed by atoms with E-state index in [1.54, 1.807) is 12.1 Å². The van der Waals surface area contributed by atoms with E-state index in [2.05, 4.69) is 12.2 Å². The van der Waals surface area contributed by atoms with Gasteiger partial charge in [0, 0.05) is 13.1 Å². The number of nitrogens with two attached hydrogens (primary N) is 1. The van der Waals surface area contributed by atoms with Gasteiger partial charge in [0.25, 0.3) is 0 Å². The number of halogens is 1. The van der Waals surface area contributed by atoms with Crippen molar-refractivity contribution >= 4 is 11.6 Å². The summed E-state index contributed by atoms with van der Waals surface area (Å²) in [5.41, 5.74) is 7.62. The van der Waals surface area contributed by atoms with Gasteiger partial charge in [-0.1, -0.05) is 6.92 Å². The van der Waals surface area contributed by atoms with Gasteiger partial charge in [-0.05, 0) is 74.8 Å². The molecule has 2 aliphatic rings. The van der Waals surface area contributed by atoms with Crippen LogP contribution < -0.4 is 11.1 Å². The van der Waals surface area contributed by atoms with Crippen molar-refractivity contribution in [3.05, 3.63) is 29.1 Å². The molecule has 1 aromatic rings. The number of likely N-dealkylation sites (tertiary alicyclic amines) is 1. The molecule has 24 heavy (non-hydrogen) atoms. The highest BCUT2D eigenvalue weighted by molar-refractivity contribution is 5.87. The predicted molar refractivity (Wildman–Crippen MR) is 94.4 cm³/mol. The van der Waals surface area contributed by atoms with Crippen LogP contribution in [0.25, 0.3) is 0 Å². The van der Waals surface area contributed by atoms with Gasteiger partial charge in [-0.25, -0.2) is 4.39 Å². The average molecular weight is 333 g/mol. The zero-order valence-electron chi connectivity index (χ0n) is 14.7. The van der Waals surface area contributed by atoms with Crippen LogP contribution in [0.2, 0.25) is 0 Å². The lowest BCUT2D eigenvalue weighted by atomic mass is 9.75. The van der Waals surface area contributed by atoms with Crippen molar-refractivity contribution in [1.82, 2.24) is 10.2 Å². The van der Waals surface area contributed by atoms with Gasteiger partial charge < -0.3 is 16.0 Å². The van der Waals surface area contributed by atoms with Crippen molar-refractivity contribution in [1.29, 1.82) is 0 Å². The molecular formula is C19H28FN3O. The van der Waals surface area contributed by atoms with Crippen LogP contribution in [-0.2, 0) is 4.79 Å². The number of nitrogens with zero attached hydrogens (tertiary/aromatic N) is 1. The SMILES string of the molecule is CCNC1(C(=O)N2CCC(c3cc(F)c(N)cc3C)CC2)CCC1. The van der Waals surface area contributed by atoms with E-state index in [4.69, 9.17) is 5.73 Å². The van der Waals surface area contributed by atoms with Gasteiger partial charge in [0.15, 0.2) is 0 Å². The van der Waals surface area contributed by atoms with Gasteiger partial charge in [-0.2, -0.15) is 0 Å². The minimum Gasteiger partial charge on any atom is -0.396 e. The number of nitrogens with one attached hydrogen (secondary N) is 1. The number of likely N-dealkylation sites (N-methyl/N-ethyl adjacent to an activating group) is 1. The molecule has 1 heterocycles. The highest BCUT2D eigenvalue weighted by atomic mass is 19.1. The fourth-order valence-electron chi connectivity index (χ4n) is 4.19. The molecule has 0 radical (unpaired) electrons. The van der Waals surface area contributed by atoms with Crippen molar-refractivity contribution in [2.75, 3.05) is 25.4 Å². The molecule has 1 aliphatic heterocycles. The Kier molecular flexibility index (Phi) is 4.81. The zero-order valence-corrected chi connectivity index (χ0v) is 14.7. The first kappa shape index (κ1) is 17.2. The van der Waals surface area contributed by atoms with E-state index in [9.17, 15) is 9.18 Å². The molecule has 3 N–H and O–H groups in total. The number of piperidine rings is 1. The van der Waals surface area contributed by atoms with Crippen molar-refractivity contribution in [3.63, 3.8) is 0 Å². The molecule has 0 atom stereocenters. The molecule has 0 bridgehead atoms. The van der Waals surface area contributed by atoms with Gasteiger partial charge in [0.1, 0.15) is 5.82 Å². The number of amides is 1. The Morgan fingerprint density at radius 1 is 1.38 bits per heavy atom. The topological polar surface area (TPSA) is 58.4 Å². The molecule has 2 fully saturated rings. The zero-order chi connectivity index (χ0) is 17.3. The molecule has 1 aliphatic carbocycles. The van der Waals surface area contributed by atoms with Crippen LogP contribution in [0.5, 0.6) is 0 Å². The van der Waals surface area contributed by atoms with Crippen LogP contribution in [0, 0.1) is 12.7 Å². The smallest absolute Gasteiger partial charge is 0.242 e. The number of hydrogen-bond donors (Lipinski definition) is 2. The lowest BCUT2D eigenvalue weighted by Gasteiger charge is -2.45.